The van der Waals surface area contributed by atoms with E-state index in [1.807, 2.05) is 11.8 Å². The van der Waals surface area contributed by atoms with Gasteiger partial charge in [-0.1, -0.05) is 32.1 Å². The Morgan fingerprint density at radius 1 is 1.39 bits per heavy atom. The first-order chi connectivity index (χ1) is 8.58. The Bertz CT molecular complexity index is 378. The molecule has 0 saturated carbocycles. The first-order valence-electron chi connectivity index (χ1n) is 6.45. The van der Waals surface area contributed by atoms with Gasteiger partial charge in [-0.3, -0.25) is 4.79 Å². The summed E-state index contributed by atoms with van der Waals surface area (Å²) in [4.78, 5) is 14.0. The zero-order chi connectivity index (χ0) is 13.5. The summed E-state index contributed by atoms with van der Waals surface area (Å²) in [6, 6.07) is 0. The minimum atomic E-state index is -0.0201. The summed E-state index contributed by atoms with van der Waals surface area (Å²) in [5.41, 5.74) is 0. The Labute approximate surface area is 113 Å². The molecule has 0 bridgehead atoms. The highest BCUT2D eigenvalue weighted by atomic mass is 32.1. The molecule has 0 aromatic carbocycles. The summed E-state index contributed by atoms with van der Waals surface area (Å²) >= 11 is 1.33. The Balaban J connectivity index is 2.67. The number of hydrogen-bond donors (Lipinski definition) is 1. The maximum atomic E-state index is 12.2. The molecule has 0 aliphatic rings. The molecule has 0 atom stereocenters. The number of amides is 1. The van der Waals surface area contributed by atoms with Crippen molar-refractivity contribution in [3.8, 4) is 0 Å². The van der Waals surface area contributed by atoms with Crippen molar-refractivity contribution in [3.05, 3.63) is 5.01 Å². The molecule has 0 fully saturated rings. The lowest BCUT2D eigenvalue weighted by Gasteiger charge is -2.21. The van der Waals surface area contributed by atoms with E-state index in [1.165, 1.54) is 11.3 Å². The van der Waals surface area contributed by atoms with Gasteiger partial charge in [-0.05, 0) is 19.3 Å². The molecule has 102 valence electrons. The van der Waals surface area contributed by atoms with E-state index >= 15 is 0 Å². The second-order valence-electron chi connectivity index (χ2n) is 4.58. The fourth-order valence-electron chi connectivity index (χ4n) is 1.54. The van der Waals surface area contributed by atoms with E-state index in [9.17, 15) is 4.79 Å². The molecule has 1 aromatic heterocycles. The molecule has 1 amide bonds. The number of aromatic nitrogens is 2. The van der Waals surface area contributed by atoms with Gasteiger partial charge in [0.2, 0.25) is 10.1 Å². The van der Waals surface area contributed by atoms with Crippen LogP contribution in [0.25, 0.3) is 0 Å². The molecule has 0 unspecified atom stereocenters. The molecule has 1 rings (SSSR count). The third-order valence-corrected chi connectivity index (χ3v) is 3.26. The monoisotopic (exact) mass is 270 g/mol. The van der Waals surface area contributed by atoms with E-state index in [2.05, 4.69) is 36.3 Å². The average molecular weight is 270 g/mol. The van der Waals surface area contributed by atoms with E-state index < -0.39 is 0 Å². The van der Waals surface area contributed by atoms with E-state index in [-0.39, 0.29) is 5.91 Å². The Morgan fingerprint density at radius 3 is 2.67 bits per heavy atom. The van der Waals surface area contributed by atoms with Crippen molar-refractivity contribution < 1.29 is 4.79 Å². The predicted molar refractivity (Wildman–Crippen MR) is 75.1 cm³/mol. The van der Waals surface area contributed by atoms with Gasteiger partial charge in [0, 0.05) is 19.6 Å². The summed E-state index contributed by atoms with van der Waals surface area (Å²) in [7, 11) is 0. The van der Waals surface area contributed by atoms with Crippen LogP contribution < -0.4 is 5.32 Å². The van der Waals surface area contributed by atoms with Gasteiger partial charge in [0.1, 0.15) is 0 Å². The minimum absolute atomic E-state index is 0.0201. The number of nitrogens with one attached hydrogen (secondary N) is 1. The molecular weight excluding hydrogens is 248 g/mol. The van der Waals surface area contributed by atoms with Crippen molar-refractivity contribution in [1.29, 1.82) is 0 Å². The highest BCUT2D eigenvalue weighted by Gasteiger charge is 2.19. The first-order valence-corrected chi connectivity index (χ1v) is 7.26. The number of carbonyl (C=O) groups is 1. The van der Waals surface area contributed by atoms with E-state index in [4.69, 9.17) is 0 Å². The topological polar surface area (TPSA) is 58.1 Å². The fourth-order valence-corrected chi connectivity index (χ4v) is 2.28. The maximum absolute atomic E-state index is 12.2. The second kappa shape index (κ2) is 7.31. The van der Waals surface area contributed by atoms with E-state index in [1.54, 1.807) is 0 Å². The lowest BCUT2D eigenvalue weighted by molar-refractivity contribution is 0.0744. The Hall–Kier alpha value is -1.17. The van der Waals surface area contributed by atoms with Crippen LogP contribution in [0.2, 0.25) is 0 Å². The van der Waals surface area contributed by atoms with Crippen molar-refractivity contribution in [2.24, 2.45) is 5.92 Å². The van der Waals surface area contributed by atoms with Gasteiger partial charge in [0.25, 0.3) is 5.91 Å². The summed E-state index contributed by atoms with van der Waals surface area (Å²) in [6.45, 7) is 10.6. The number of rotatable bonds is 7. The molecular formula is C12H22N4OS. The lowest BCUT2D eigenvalue weighted by Crippen LogP contribution is -2.33. The molecule has 5 nitrogen and oxygen atoms in total. The van der Waals surface area contributed by atoms with Crippen molar-refractivity contribution in [2.75, 3.05) is 25.0 Å². The number of anilines is 1. The smallest absolute Gasteiger partial charge is 0.284 e. The van der Waals surface area contributed by atoms with Crippen LogP contribution in [0.15, 0.2) is 0 Å². The zero-order valence-electron chi connectivity index (χ0n) is 11.6. The number of carbonyl (C=O) groups excluding carboxylic acids is 1. The summed E-state index contributed by atoms with van der Waals surface area (Å²) in [6.07, 6.45) is 1.03. The highest BCUT2D eigenvalue weighted by molar-refractivity contribution is 7.17. The standard InChI is InChI=1S/C12H22N4OS/c1-5-7-13-12-15-14-10(18-12)11(17)16(6-2)8-9(3)4/h9H,5-8H2,1-4H3,(H,13,15). The van der Waals surface area contributed by atoms with Crippen LogP contribution in [0.4, 0.5) is 5.13 Å². The fraction of sp³-hybridized carbons (Fsp3) is 0.750. The van der Waals surface area contributed by atoms with Gasteiger partial charge < -0.3 is 10.2 Å². The second-order valence-corrected chi connectivity index (χ2v) is 5.55. The average Bonchev–Trinajstić information content (AvgIpc) is 2.81. The number of nitrogens with zero attached hydrogens (tertiary/aromatic N) is 3. The van der Waals surface area contributed by atoms with Gasteiger partial charge in [-0.15, -0.1) is 10.2 Å². The van der Waals surface area contributed by atoms with Crippen molar-refractivity contribution >= 4 is 22.4 Å². The van der Waals surface area contributed by atoms with Crippen LogP contribution in [0.1, 0.15) is 43.9 Å². The number of hydrogen-bond acceptors (Lipinski definition) is 5. The van der Waals surface area contributed by atoms with Gasteiger partial charge in [0.05, 0.1) is 0 Å². The van der Waals surface area contributed by atoms with Crippen LogP contribution in [0.5, 0.6) is 0 Å². The molecule has 1 N–H and O–H groups in total. The van der Waals surface area contributed by atoms with Crippen LogP contribution in [0.3, 0.4) is 0 Å². The maximum Gasteiger partial charge on any atom is 0.284 e. The van der Waals surface area contributed by atoms with Crippen LogP contribution in [0, 0.1) is 5.92 Å². The SMILES string of the molecule is CCCNc1nnc(C(=O)N(CC)CC(C)C)s1. The molecule has 1 heterocycles. The molecule has 0 aliphatic heterocycles. The lowest BCUT2D eigenvalue weighted by atomic mass is 10.2. The van der Waals surface area contributed by atoms with Crippen LogP contribution in [-0.2, 0) is 0 Å². The largest absolute Gasteiger partial charge is 0.360 e. The highest BCUT2D eigenvalue weighted by Crippen LogP contribution is 2.17. The Kier molecular flexibility index (Phi) is 6.04. The minimum Gasteiger partial charge on any atom is -0.360 e. The van der Waals surface area contributed by atoms with Gasteiger partial charge in [-0.25, -0.2) is 0 Å². The Morgan fingerprint density at radius 2 is 2.11 bits per heavy atom. The van der Waals surface area contributed by atoms with Crippen LogP contribution >= 0.6 is 11.3 Å². The normalized spacial score (nSPS) is 10.7. The van der Waals surface area contributed by atoms with Crippen molar-refractivity contribution in [3.63, 3.8) is 0 Å². The van der Waals surface area contributed by atoms with Crippen LogP contribution in [-0.4, -0.2) is 40.6 Å². The summed E-state index contributed by atoms with van der Waals surface area (Å²) in [5, 5.41) is 12.3. The van der Waals surface area contributed by atoms with Gasteiger partial charge in [-0.2, -0.15) is 0 Å². The molecule has 0 spiro atoms. The van der Waals surface area contributed by atoms with Gasteiger partial charge in [0.15, 0.2) is 0 Å². The molecule has 18 heavy (non-hydrogen) atoms. The van der Waals surface area contributed by atoms with Gasteiger partial charge >= 0.3 is 0 Å². The summed E-state index contributed by atoms with van der Waals surface area (Å²) < 4.78 is 0. The molecule has 0 radical (unpaired) electrons. The van der Waals surface area contributed by atoms with Crippen molar-refractivity contribution in [1.82, 2.24) is 15.1 Å². The molecule has 0 saturated heterocycles. The quantitative estimate of drug-likeness (QED) is 0.827. The first kappa shape index (κ1) is 14.9. The van der Waals surface area contributed by atoms with E-state index in [0.29, 0.717) is 17.5 Å². The molecule has 1 aromatic rings. The zero-order valence-corrected chi connectivity index (χ0v) is 12.4. The molecule has 6 heteroatoms. The third-order valence-electron chi connectivity index (χ3n) is 2.39. The molecule has 0 aliphatic carbocycles. The third kappa shape index (κ3) is 4.25. The predicted octanol–water partition coefficient (Wildman–Crippen LogP) is 2.48. The van der Waals surface area contributed by atoms with Crippen molar-refractivity contribution in [2.45, 2.75) is 34.1 Å². The summed E-state index contributed by atoms with van der Waals surface area (Å²) in [5.74, 6) is 0.438. The van der Waals surface area contributed by atoms with E-state index in [0.717, 1.165) is 24.6 Å².